The summed E-state index contributed by atoms with van der Waals surface area (Å²) in [6.45, 7) is 7.30. The maximum atomic E-state index is 12.9. The van der Waals surface area contributed by atoms with E-state index < -0.39 is 10.0 Å². The molecule has 0 aliphatic carbocycles. The van der Waals surface area contributed by atoms with E-state index in [-0.39, 0.29) is 23.9 Å². The first-order chi connectivity index (χ1) is 12.7. The Morgan fingerprint density at radius 1 is 1.07 bits per heavy atom. The van der Waals surface area contributed by atoms with E-state index in [1.807, 2.05) is 32.0 Å². The number of benzene rings is 2. The number of ether oxygens (including phenoxy) is 1. The van der Waals surface area contributed by atoms with Gasteiger partial charge in [-0.2, -0.15) is 4.31 Å². The fourth-order valence-corrected chi connectivity index (χ4v) is 4.43. The summed E-state index contributed by atoms with van der Waals surface area (Å²) in [6.07, 6.45) is 0. The number of nitrogens with one attached hydrogen (secondary N) is 1. The normalized spacial score (nSPS) is 11.5. The van der Waals surface area contributed by atoms with E-state index in [1.54, 1.807) is 26.0 Å². The molecule has 27 heavy (non-hydrogen) atoms. The third kappa shape index (κ3) is 5.08. The minimum Gasteiger partial charge on any atom is -0.496 e. The summed E-state index contributed by atoms with van der Waals surface area (Å²) in [7, 11) is -2.25. The maximum Gasteiger partial charge on any atom is 0.243 e. The molecule has 0 saturated heterocycles. The molecule has 146 valence electrons. The molecule has 0 fully saturated rings. The van der Waals surface area contributed by atoms with Crippen LogP contribution in [0.4, 0.5) is 5.69 Å². The van der Waals surface area contributed by atoms with E-state index in [9.17, 15) is 13.2 Å². The number of hydrogen-bond acceptors (Lipinski definition) is 4. The summed E-state index contributed by atoms with van der Waals surface area (Å²) in [4.78, 5) is 12.6. The predicted molar refractivity (Wildman–Crippen MR) is 107 cm³/mol. The van der Waals surface area contributed by atoms with Crippen LogP contribution in [0.25, 0.3) is 0 Å². The molecule has 1 amide bonds. The summed E-state index contributed by atoms with van der Waals surface area (Å²) in [5.41, 5.74) is 3.43. The van der Waals surface area contributed by atoms with Crippen molar-refractivity contribution in [1.29, 1.82) is 0 Å². The molecule has 2 rings (SSSR count). The van der Waals surface area contributed by atoms with Crippen LogP contribution in [0.15, 0.2) is 41.3 Å². The summed E-state index contributed by atoms with van der Waals surface area (Å²) >= 11 is 0. The zero-order valence-corrected chi connectivity index (χ0v) is 17.2. The van der Waals surface area contributed by atoms with Gasteiger partial charge in [0.2, 0.25) is 15.9 Å². The van der Waals surface area contributed by atoms with Crippen molar-refractivity contribution in [3.05, 3.63) is 53.1 Å². The van der Waals surface area contributed by atoms with Gasteiger partial charge >= 0.3 is 0 Å². The standard InChI is InChI=1S/C20H26N2O4S/c1-6-22(13-20(23)21-17-10-14(2)9-15(3)11-17)27(24,25)18-7-8-19(26-5)16(4)12-18/h7-12H,6,13H2,1-5H3,(H,21,23). The van der Waals surface area contributed by atoms with Crippen molar-refractivity contribution < 1.29 is 17.9 Å². The van der Waals surface area contributed by atoms with E-state index in [4.69, 9.17) is 4.74 Å². The second-order valence-corrected chi connectivity index (χ2v) is 8.43. The van der Waals surface area contributed by atoms with Crippen LogP contribution in [0.3, 0.4) is 0 Å². The smallest absolute Gasteiger partial charge is 0.243 e. The van der Waals surface area contributed by atoms with Crippen LogP contribution < -0.4 is 10.1 Å². The van der Waals surface area contributed by atoms with E-state index >= 15 is 0 Å². The Labute approximate surface area is 161 Å². The van der Waals surface area contributed by atoms with E-state index in [0.29, 0.717) is 17.0 Å². The lowest BCUT2D eigenvalue weighted by Crippen LogP contribution is -2.37. The number of aryl methyl sites for hydroxylation is 3. The van der Waals surface area contributed by atoms with Gasteiger partial charge in [0.15, 0.2) is 0 Å². The van der Waals surface area contributed by atoms with Crippen molar-refractivity contribution in [2.24, 2.45) is 0 Å². The van der Waals surface area contributed by atoms with Gasteiger partial charge in [0.25, 0.3) is 0 Å². The van der Waals surface area contributed by atoms with Crippen molar-refractivity contribution in [3.63, 3.8) is 0 Å². The second-order valence-electron chi connectivity index (χ2n) is 6.49. The Balaban J connectivity index is 2.19. The maximum absolute atomic E-state index is 12.9. The molecule has 2 aromatic carbocycles. The molecule has 2 aromatic rings. The number of nitrogens with zero attached hydrogens (tertiary/aromatic N) is 1. The highest BCUT2D eigenvalue weighted by Gasteiger charge is 2.26. The summed E-state index contributed by atoms with van der Waals surface area (Å²) in [5.74, 6) is 0.236. The lowest BCUT2D eigenvalue weighted by molar-refractivity contribution is -0.116. The molecular formula is C20H26N2O4S. The molecule has 7 heteroatoms. The van der Waals surface area contributed by atoms with Crippen molar-refractivity contribution in [1.82, 2.24) is 4.31 Å². The molecule has 0 saturated carbocycles. The molecule has 0 heterocycles. The molecule has 0 spiro atoms. The van der Waals surface area contributed by atoms with Gasteiger partial charge in [0, 0.05) is 12.2 Å². The number of carbonyl (C=O) groups excluding carboxylic acids is 1. The van der Waals surface area contributed by atoms with Crippen LogP contribution in [0.1, 0.15) is 23.6 Å². The molecule has 0 aromatic heterocycles. The average Bonchev–Trinajstić information content (AvgIpc) is 2.58. The van der Waals surface area contributed by atoms with Gasteiger partial charge in [-0.15, -0.1) is 0 Å². The largest absolute Gasteiger partial charge is 0.496 e. The van der Waals surface area contributed by atoms with Gasteiger partial charge in [0.05, 0.1) is 18.6 Å². The lowest BCUT2D eigenvalue weighted by Gasteiger charge is -2.21. The van der Waals surface area contributed by atoms with Crippen LogP contribution in [0.2, 0.25) is 0 Å². The van der Waals surface area contributed by atoms with Crippen molar-refractivity contribution in [2.75, 3.05) is 25.5 Å². The van der Waals surface area contributed by atoms with Crippen molar-refractivity contribution in [3.8, 4) is 5.75 Å². The first-order valence-electron chi connectivity index (χ1n) is 8.70. The van der Waals surface area contributed by atoms with Gasteiger partial charge in [-0.3, -0.25) is 4.79 Å². The Morgan fingerprint density at radius 3 is 2.22 bits per heavy atom. The topological polar surface area (TPSA) is 75.7 Å². The van der Waals surface area contributed by atoms with Crippen LogP contribution in [-0.2, 0) is 14.8 Å². The Bertz CT molecular complexity index is 919. The summed E-state index contributed by atoms with van der Waals surface area (Å²) < 4.78 is 32.2. The van der Waals surface area contributed by atoms with E-state index in [0.717, 1.165) is 15.4 Å². The first kappa shape index (κ1) is 20.9. The predicted octanol–water partition coefficient (Wildman–Crippen LogP) is 3.27. The lowest BCUT2D eigenvalue weighted by atomic mass is 10.1. The highest BCUT2D eigenvalue weighted by molar-refractivity contribution is 7.89. The van der Waals surface area contributed by atoms with Gasteiger partial charge in [0.1, 0.15) is 5.75 Å². The Kier molecular flexibility index (Phi) is 6.62. The van der Waals surface area contributed by atoms with E-state index in [2.05, 4.69) is 5.32 Å². The number of sulfonamides is 1. The zero-order valence-electron chi connectivity index (χ0n) is 16.4. The monoisotopic (exact) mass is 390 g/mol. The fourth-order valence-electron chi connectivity index (χ4n) is 2.93. The second kappa shape index (κ2) is 8.54. The number of likely N-dealkylation sites (N-methyl/N-ethyl adjacent to an activating group) is 1. The third-order valence-electron chi connectivity index (χ3n) is 4.18. The minimum absolute atomic E-state index is 0.141. The molecule has 0 bridgehead atoms. The number of rotatable bonds is 7. The molecule has 1 N–H and O–H groups in total. The van der Waals surface area contributed by atoms with Crippen LogP contribution in [0.5, 0.6) is 5.75 Å². The SMILES string of the molecule is CCN(CC(=O)Nc1cc(C)cc(C)c1)S(=O)(=O)c1ccc(OC)c(C)c1. The van der Waals surface area contributed by atoms with Crippen LogP contribution >= 0.6 is 0 Å². The highest BCUT2D eigenvalue weighted by Crippen LogP contribution is 2.24. The van der Waals surface area contributed by atoms with Crippen LogP contribution in [-0.4, -0.2) is 38.8 Å². The molecule has 6 nitrogen and oxygen atoms in total. The molecule has 0 atom stereocenters. The molecular weight excluding hydrogens is 364 g/mol. The number of methoxy groups -OCH3 is 1. The number of amides is 1. The zero-order chi connectivity index (χ0) is 20.2. The van der Waals surface area contributed by atoms with Gasteiger partial charge in [-0.1, -0.05) is 13.0 Å². The van der Waals surface area contributed by atoms with Crippen molar-refractivity contribution >= 4 is 21.6 Å². The molecule has 0 aliphatic heterocycles. The number of hydrogen-bond donors (Lipinski definition) is 1. The minimum atomic E-state index is -3.79. The number of anilines is 1. The summed E-state index contributed by atoms with van der Waals surface area (Å²) in [6, 6.07) is 10.4. The number of carbonyl (C=O) groups is 1. The van der Waals surface area contributed by atoms with E-state index in [1.165, 1.54) is 13.2 Å². The quantitative estimate of drug-likeness (QED) is 0.787. The highest BCUT2D eigenvalue weighted by atomic mass is 32.2. The van der Waals surface area contributed by atoms with Gasteiger partial charge < -0.3 is 10.1 Å². The Morgan fingerprint density at radius 2 is 1.70 bits per heavy atom. The third-order valence-corrected chi connectivity index (χ3v) is 6.10. The van der Waals surface area contributed by atoms with Crippen molar-refractivity contribution in [2.45, 2.75) is 32.6 Å². The Hall–Kier alpha value is -2.38. The molecule has 0 radical (unpaired) electrons. The van der Waals surface area contributed by atoms with Gasteiger partial charge in [-0.05, 0) is 67.8 Å². The fraction of sp³-hybridized carbons (Fsp3) is 0.350. The molecule has 0 aliphatic rings. The first-order valence-corrected chi connectivity index (χ1v) is 10.1. The van der Waals surface area contributed by atoms with Crippen LogP contribution in [0, 0.1) is 20.8 Å². The average molecular weight is 391 g/mol. The van der Waals surface area contributed by atoms with Gasteiger partial charge in [-0.25, -0.2) is 8.42 Å². The summed E-state index contributed by atoms with van der Waals surface area (Å²) in [5, 5.41) is 2.78. The molecule has 0 unspecified atom stereocenters.